The van der Waals surface area contributed by atoms with Crippen LogP contribution in [0.4, 0.5) is 11.6 Å². The lowest BCUT2D eigenvalue weighted by Crippen LogP contribution is -2.21. The van der Waals surface area contributed by atoms with Crippen molar-refractivity contribution in [3.63, 3.8) is 0 Å². The van der Waals surface area contributed by atoms with Gasteiger partial charge in [-0.05, 0) is 29.7 Å². The fourth-order valence-corrected chi connectivity index (χ4v) is 3.73. The maximum Gasteiger partial charge on any atom is 0.183 e. The number of pyridine rings is 1. The Morgan fingerprint density at radius 3 is 2.62 bits per heavy atom. The number of Topliss-reactive ketones (excluding diaryl/α,β-unsaturated/α-hetero) is 1. The summed E-state index contributed by atoms with van der Waals surface area (Å²) in [6.07, 6.45) is 3.14. The topological polar surface area (TPSA) is 117 Å². The number of aromatic nitrogens is 5. The van der Waals surface area contributed by atoms with Crippen LogP contribution in [-0.2, 0) is 0 Å². The van der Waals surface area contributed by atoms with Gasteiger partial charge < -0.3 is 15.4 Å². The Morgan fingerprint density at radius 1 is 1.16 bits per heavy atom. The van der Waals surface area contributed by atoms with Crippen molar-refractivity contribution in [2.75, 3.05) is 11.9 Å². The number of hydrogen-bond acceptors (Lipinski definition) is 7. The van der Waals surface area contributed by atoms with Gasteiger partial charge in [0.1, 0.15) is 23.5 Å². The highest BCUT2D eigenvalue weighted by molar-refractivity contribution is 6.39. The molecule has 8 nitrogen and oxygen atoms in total. The van der Waals surface area contributed by atoms with Gasteiger partial charge >= 0.3 is 0 Å². The lowest BCUT2D eigenvalue weighted by molar-refractivity contribution is 0.0858. The molecule has 10 heteroatoms. The van der Waals surface area contributed by atoms with Crippen LogP contribution in [0, 0.1) is 5.41 Å². The summed E-state index contributed by atoms with van der Waals surface area (Å²) in [5, 5.41) is 13.5. The van der Waals surface area contributed by atoms with Crippen molar-refractivity contribution in [2.45, 2.75) is 20.3 Å². The molecular weight excluding hydrogens is 451 g/mol. The quantitative estimate of drug-likeness (QED) is 0.323. The predicted octanol–water partition coefficient (Wildman–Crippen LogP) is 5.06. The van der Waals surface area contributed by atoms with E-state index in [1.54, 1.807) is 36.5 Å². The smallest absolute Gasteiger partial charge is 0.183 e. The fourth-order valence-electron chi connectivity index (χ4n) is 3.15. The van der Waals surface area contributed by atoms with E-state index in [2.05, 4.69) is 30.2 Å². The number of aliphatic hydroxyl groups is 1. The second-order valence-electron chi connectivity index (χ2n) is 8.08. The third-order valence-electron chi connectivity index (χ3n) is 4.88. The van der Waals surface area contributed by atoms with Crippen molar-refractivity contribution in [1.29, 1.82) is 0 Å². The summed E-state index contributed by atoms with van der Waals surface area (Å²) < 4.78 is 0. The highest BCUT2D eigenvalue weighted by atomic mass is 35.5. The minimum absolute atomic E-state index is 0.0779. The van der Waals surface area contributed by atoms with Gasteiger partial charge in [0.2, 0.25) is 0 Å². The number of anilines is 2. The number of ketones is 1. The molecule has 1 aromatic carbocycles. The number of aliphatic hydroxyl groups excluding tert-OH is 1. The molecule has 0 fully saturated rings. The van der Waals surface area contributed by atoms with Crippen LogP contribution in [0.5, 0.6) is 0 Å². The number of halogens is 2. The molecule has 0 radical (unpaired) electrons. The number of hydrogen-bond donors (Lipinski definition) is 3. The molecule has 0 aliphatic carbocycles. The molecule has 0 unspecified atom stereocenters. The molecule has 4 aromatic rings. The van der Waals surface area contributed by atoms with E-state index in [-0.39, 0.29) is 18.8 Å². The molecule has 0 saturated heterocycles. The number of imidazole rings is 1. The largest absolute Gasteiger partial charge is 0.396 e. The molecule has 0 spiro atoms. The minimum atomic E-state index is -0.501. The number of fused-ring (bicyclic) bond motifs is 1. The Balaban J connectivity index is 1.66. The van der Waals surface area contributed by atoms with Gasteiger partial charge in [-0.3, -0.25) is 4.79 Å². The molecule has 32 heavy (non-hydrogen) atoms. The highest BCUT2D eigenvalue weighted by Gasteiger charge is 2.22. The summed E-state index contributed by atoms with van der Waals surface area (Å²) in [7, 11) is 0. The van der Waals surface area contributed by atoms with E-state index in [9.17, 15) is 9.90 Å². The number of benzene rings is 1. The SMILES string of the molecule is CC(C)(CO)CC(=O)c1ccnc(Nc2ncnc3nc(-c4c(Cl)cccc4Cl)[nH]c23)c1. The second-order valence-corrected chi connectivity index (χ2v) is 8.89. The summed E-state index contributed by atoms with van der Waals surface area (Å²) in [6.45, 7) is 3.60. The lowest BCUT2D eigenvalue weighted by Gasteiger charge is -2.20. The van der Waals surface area contributed by atoms with Crippen LogP contribution >= 0.6 is 23.2 Å². The van der Waals surface area contributed by atoms with E-state index in [0.717, 1.165) is 0 Å². The van der Waals surface area contributed by atoms with Crippen molar-refractivity contribution in [3.8, 4) is 11.4 Å². The van der Waals surface area contributed by atoms with Gasteiger partial charge in [-0.1, -0.05) is 43.1 Å². The van der Waals surface area contributed by atoms with Gasteiger partial charge in [0.25, 0.3) is 0 Å². The first-order valence-electron chi connectivity index (χ1n) is 9.79. The van der Waals surface area contributed by atoms with E-state index in [1.807, 2.05) is 13.8 Å². The first-order valence-corrected chi connectivity index (χ1v) is 10.6. The van der Waals surface area contributed by atoms with Crippen molar-refractivity contribution in [2.24, 2.45) is 5.41 Å². The Bertz CT molecular complexity index is 1280. The molecule has 4 rings (SSSR count). The molecule has 164 valence electrons. The standard InChI is InChI=1S/C22H20Cl2N6O2/c1-22(2,10-31)9-15(32)12-6-7-25-16(8-12)28-20-18-21(27-11-26-20)30-19(29-18)17-13(23)4-3-5-14(17)24/h3-8,11,31H,9-10H2,1-2H3,(H2,25,26,27,28,29,30). The number of carbonyl (C=O) groups excluding carboxylic acids is 1. The zero-order chi connectivity index (χ0) is 22.9. The summed E-state index contributed by atoms with van der Waals surface area (Å²) >= 11 is 12.6. The Labute approximate surface area is 194 Å². The first kappa shape index (κ1) is 22.1. The van der Waals surface area contributed by atoms with Crippen molar-refractivity contribution >= 4 is 51.8 Å². The molecule has 0 bridgehead atoms. The normalized spacial score (nSPS) is 11.7. The van der Waals surface area contributed by atoms with E-state index >= 15 is 0 Å². The van der Waals surface area contributed by atoms with Crippen LogP contribution in [0.1, 0.15) is 30.6 Å². The van der Waals surface area contributed by atoms with Crippen LogP contribution in [-0.4, -0.2) is 42.4 Å². The van der Waals surface area contributed by atoms with Gasteiger partial charge in [-0.2, -0.15) is 0 Å². The van der Waals surface area contributed by atoms with E-state index < -0.39 is 5.41 Å². The van der Waals surface area contributed by atoms with Gasteiger partial charge in [-0.15, -0.1) is 0 Å². The van der Waals surface area contributed by atoms with E-state index in [4.69, 9.17) is 23.2 Å². The van der Waals surface area contributed by atoms with Crippen LogP contribution in [0.2, 0.25) is 10.0 Å². The number of H-pyrrole nitrogens is 1. The third kappa shape index (κ3) is 4.57. The average Bonchev–Trinajstić information content (AvgIpc) is 3.18. The molecule has 0 aliphatic heterocycles. The van der Waals surface area contributed by atoms with Crippen LogP contribution in [0.15, 0.2) is 42.9 Å². The Hall–Kier alpha value is -3.07. The maximum atomic E-state index is 12.6. The van der Waals surface area contributed by atoms with Crippen LogP contribution in [0.3, 0.4) is 0 Å². The molecule has 0 atom stereocenters. The van der Waals surface area contributed by atoms with Crippen molar-refractivity contribution in [3.05, 3.63) is 58.5 Å². The zero-order valence-corrected chi connectivity index (χ0v) is 18.9. The Kier molecular flexibility index (Phi) is 6.10. The van der Waals surface area contributed by atoms with Gasteiger partial charge in [0.15, 0.2) is 17.2 Å². The monoisotopic (exact) mass is 470 g/mol. The summed E-state index contributed by atoms with van der Waals surface area (Å²) in [5.41, 5.74) is 1.52. The first-order chi connectivity index (χ1) is 15.3. The maximum absolute atomic E-state index is 12.6. The summed E-state index contributed by atoms with van der Waals surface area (Å²) in [6, 6.07) is 8.50. The molecule has 3 aromatic heterocycles. The van der Waals surface area contributed by atoms with E-state index in [0.29, 0.717) is 49.8 Å². The predicted molar refractivity (Wildman–Crippen MR) is 124 cm³/mol. The highest BCUT2D eigenvalue weighted by Crippen LogP contribution is 2.34. The summed E-state index contributed by atoms with van der Waals surface area (Å²) in [5.74, 6) is 1.25. The average molecular weight is 471 g/mol. The van der Waals surface area contributed by atoms with Crippen LogP contribution < -0.4 is 5.32 Å². The molecule has 3 heterocycles. The molecule has 0 amide bonds. The fraction of sp³-hybridized carbons (Fsp3) is 0.227. The molecular formula is C22H20Cl2N6O2. The van der Waals surface area contributed by atoms with Crippen molar-refractivity contribution in [1.82, 2.24) is 24.9 Å². The van der Waals surface area contributed by atoms with Gasteiger partial charge in [0.05, 0.1) is 15.6 Å². The third-order valence-corrected chi connectivity index (χ3v) is 5.51. The zero-order valence-electron chi connectivity index (χ0n) is 17.4. The molecule has 3 N–H and O–H groups in total. The Morgan fingerprint density at radius 2 is 1.91 bits per heavy atom. The minimum Gasteiger partial charge on any atom is -0.396 e. The summed E-state index contributed by atoms with van der Waals surface area (Å²) in [4.78, 5) is 33.1. The number of rotatable bonds is 7. The van der Waals surface area contributed by atoms with Gasteiger partial charge in [0, 0.05) is 24.8 Å². The lowest BCUT2D eigenvalue weighted by atomic mass is 9.86. The van der Waals surface area contributed by atoms with Gasteiger partial charge in [-0.25, -0.2) is 19.9 Å². The van der Waals surface area contributed by atoms with E-state index in [1.165, 1.54) is 6.33 Å². The number of nitrogens with one attached hydrogen (secondary N) is 2. The number of nitrogens with zero attached hydrogens (tertiary/aromatic N) is 4. The van der Waals surface area contributed by atoms with Crippen molar-refractivity contribution < 1.29 is 9.90 Å². The number of carbonyl (C=O) groups is 1. The van der Waals surface area contributed by atoms with Crippen LogP contribution in [0.25, 0.3) is 22.6 Å². The second kappa shape index (κ2) is 8.82. The molecule has 0 aliphatic rings. The number of aromatic amines is 1. The molecule has 0 saturated carbocycles.